The largest absolute Gasteiger partial charge is 0.438 e. The minimum absolute atomic E-state index is 0.0609. The fourth-order valence-corrected chi connectivity index (χ4v) is 10.5. The van der Waals surface area contributed by atoms with Gasteiger partial charge in [0.05, 0.1) is 0 Å². The van der Waals surface area contributed by atoms with Gasteiger partial charge in [0.1, 0.15) is 16.2 Å². The van der Waals surface area contributed by atoms with Gasteiger partial charge in [-0.05, 0) is 119 Å². The molecule has 1 aromatic heterocycles. The van der Waals surface area contributed by atoms with E-state index >= 15 is 0 Å². The van der Waals surface area contributed by atoms with Crippen LogP contribution in [0.5, 0.6) is 0 Å². The molecule has 1 aromatic carbocycles. The number of hydrogen-bond donors (Lipinski definition) is 2. The smallest absolute Gasteiger partial charge is 0.413 e. The minimum atomic E-state index is -0.893. The number of ketones is 1. The summed E-state index contributed by atoms with van der Waals surface area (Å²) in [4.78, 5) is 24.3. The highest BCUT2D eigenvalue weighted by molar-refractivity contribution is 7.19. The summed E-state index contributed by atoms with van der Waals surface area (Å²) in [6.45, 7) is 5.99. The third-order valence-electron chi connectivity index (χ3n) is 11.1. The van der Waals surface area contributed by atoms with Crippen LogP contribution in [-0.4, -0.2) is 22.6 Å². The zero-order valence-corrected chi connectivity index (χ0v) is 26.2. The molecule has 4 aliphatic carbocycles. The van der Waals surface area contributed by atoms with Gasteiger partial charge in [-0.2, -0.15) is 0 Å². The fourth-order valence-electron chi connectivity index (χ4n) is 9.08. The van der Waals surface area contributed by atoms with Crippen molar-refractivity contribution in [3.8, 4) is 22.8 Å². The molecule has 2 aromatic rings. The number of aliphatic hydroxyl groups is 1. The van der Waals surface area contributed by atoms with Gasteiger partial charge in [-0.25, -0.2) is 4.79 Å². The average Bonchev–Trinajstić information content (AvgIpc) is 3.53. The highest BCUT2D eigenvalue weighted by Gasteiger charge is 2.63. The summed E-state index contributed by atoms with van der Waals surface area (Å²) in [6.07, 6.45) is 16.5. The van der Waals surface area contributed by atoms with E-state index in [9.17, 15) is 14.7 Å². The fraction of sp³-hybridized carbons (Fsp3) is 0.543. The molecule has 5 nitrogen and oxygen atoms in total. The lowest BCUT2D eigenvalue weighted by molar-refractivity contribution is -0.117. The van der Waals surface area contributed by atoms with E-state index in [-0.39, 0.29) is 5.41 Å². The molecule has 222 valence electrons. The Kier molecular flexibility index (Phi) is 7.61. The number of amides is 1. The molecule has 7 rings (SSSR count). The zero-order chi connectivity index (χ0) is 29.9. The molecule has 0 spiro atoms. The number of anilines is 1. The van der Waals surface area contributed by atoms with E-state index in [2.05, 4.69) is 18.2 Å². The Labute approximate surface area is 258 Å². The molecule has 0 bridgehead atoms. The van der Waals surface area contributed by atoms with Crippen molar-refractivity contribution in [3.05, 3.63) is 52.6 Å². The van der Waals surface area contributed by atoms with Gasteiger partial charge in [0.2, 0.25) is 0 Å². The molecule has 7 heteroatoms. The van der Waals surface area contributed by atoms with Crippen LogP contribution in [0.25, 0.3) is 10.4 Å². The number of terminal acetylenes is 1. The number of ether oxygens (including phenoxy) is 1. The van der Waals surface area contributed by atoms with Crippen LogP contribution < -0.4 is 5.32 Å². The van der Waals surface area contributed by atoms with Crippen LogP contribution in [0.1, 0.15) is 84.1 Å². The van der Waals surface area contributed by atoms with Crippen molar-refractivity contribution >= 4 is 39.8 Å². The summed E-state index contributed by atoms with van der Waals surface area (Å²) in [6, 6.07) is 9.71. The summed E-state index contributed by atoms with van der Waals surface area (Å²) in [5.41, 5.74) is 1.90. The normalized spacial score (nSPS) is 34.1. The summed E-state index contributed by atoms with van der Waals surface area (Å²) in [5, 5.41) is 15.4. The Morgan fingerprint density at radius 2 is 1.93 bits per heavy atom. The van der Waals surface area contributed by atoms with Gasteiger partial charge in [0.15, 0.2) is 5.78 Å². The van der Waals surface area contributed by atoms with Crippen LogP contribution in [0.15, 0.2) is 42.0 Å². The number of carbonyl (C=O) groups is 2. The van der Waals surface area contributed by atoms with E-state index in [0.29, 0.717) is 34.5 Å². The number of fused-ring (bicyclic) bond motifs is 6. The van der Waals surface area contributed by atoms with Crippen LogP contribution in [0.2, 0.25) is 5.02 Å². The SMILES string of the molecule is C#C[C@]1(O)CC[C@H]2[C@@H]3CCC4=CC(=O)CC[C@@H]4[C@H]3CC[C@@]21CC.CC1(C)OC(=O)Nc2sc(-c3cccc(Cl)c3)cc21. The number of halogens is 1. The first-order chi connectivity index (χ1) is 20.0. The predicted octanol–water partition coefficient (Wildman–Crippen LogP) is 8.75. The van der Waals surface area contributed by atoms with Crippen LogP contribution in [0.3, 0.4) is 0 Å². The number of carbonyl (C=O) groups excluding carboxylic acids is 2. The number of allylic oxidation sites excluding steroid dienone is 1. The molecule has 0 radical (unpaired) electrons. The van der Waals surface area contributed by atoms with Gasteiger partial charge in [-0.1, -0.05) is 42.2 Å². The lowest BCUT2D eigenvalue weighted by Crippen LogP contribution is -2.53. The molecule has 6 atom stereocenters. The third kappa shape index (κ3) is 4.82. The van der Waals surface area contributed by atoms with Crippen molar-refractivity contribution in [2.24, 2.45) is 29.1 Å². The van der Waals surface area contributed by atoms with Crippen molar-refractivity contribution in [2.45, 2.75) is 89.8 Å². The van der Waals surface area contributed by atoms with E-state index in [1.165, 1.54) is 29.8 Å². The second kappa shape index (κ2) is 10.8. The number of cyclic esters (lactones) is 1. The predicted molar refractivity (Wildman–Crippen MR) is 168 cm³/mol. The molecule has 0 unspecified atom stereocenters. The lowest BCUT2D eigenvalue weighted by Gasteiger charge is -2.55. The quantitative estimate of drug-likeness (QED) is 0.336. The molecule has 3 saturated carbocycles. The second-order valence-electron chi connectivity index (χ2n) is 13.3. The number of rotatable bonds is 2. The molecule has 42 heavy (non-hydrogen) atoms. The Morgan fingerprint density at radius 1 is 1.12 bits per heavy atom. The first kappa shape index (κ1) is 29.5. The Balaban J connectivity index is 0.000000153. The van der Waals surface area contributed by atoms with Gasteiger partial charge in [0.25, 0.3) is 0 Å². The van der Waals surface area contributed by atoms with Crippen molar-refractivity contribution in [2.75, 3.05) is 5.32 Å². The number of benzene rings is 1. The van der Waals surface area contributed by atoms with Gasteiger partial charge >= 0.3 is 6.09 Å². The van der Waals surface area contributed by atoms with Crippen LogP contribution in [0.4, 0.5) is 9.80 Å². The maximum Gasteiger partial charge on any atom is 0.413 e. The topological polar surface area (TPSA) is 75.6 Å². The molecular formula is C35H40ClNO4S. The van der Waals surface area contributed by atoms with Gasteiger partial charge < -0.3 is 9.84 Å². The highest BCUT2D eigenvalue weighted by Crippen LogP contribution is 2.66. The monoisotopic (exact) mass is 605 g/mol. The molecule has 0 saturated heterocycles. The Bertz CT molecular complexity index is 1490. The van der Waals surface area contributed by atoms with E-state index in [1.807, 2.05) is 50.3 Å². The van der Waals surface area contributed by atoms with Crippen molar-refractivity contribution < 1.29 is 19.4 Å². The standard InChI is InChI=1S/C21H28O2.C14H12ClNO2S/c1-3-20-11-9-17-16-8-6-15(22)13-14(16)5-7-18(17)19(20)10-12-21(20,23)4-2;1-14(2)10-7-11(8-4-3-5-9(15)6-8)19-12(10)16-13(17)18-14/h2,13,16-19,23H,3,5-12H2,1H3;3-7H,1-2H3,(H,16,17)/t16-,17+,18+,19-,20-,21-;/m0./s1. The van der Waals surface area contributed by atoms with Crippen molar-refractivity contribution in [1.82, 2.24) is 0 Å². The number of nitrogens with one attached hydrogen (secondary N) is 1. The average molecular weight is 606 g/mol. The van der Waals surface area contributed by atoms with Gasteiger partial charge in [-0.15, -0.1) is 17.8 Å². The molecule has 1 amide bonds. The number of hydrogen-bond acceptors (Lipinski definition) is 5. The maximum atomic E-state index is 11.8. The number of thiophene rings is 1. The van der Waals surface area contributed by atoms with E-state index in [1.54, 1.807) is 0 Å². The van der Waals surface area contributed by atoms with E-state index in [4.69, 9.17) is 22.8 Å². The zero-order valence-electron chi connectivity index (χ0n) is 24.7. The summed E-state index contributed by atoms with van der Waals surface area (Å²) < 4.78 is 5.30. The third-order valence-corrected chi connectivity index (χ3v) is 12.4. The highest BCUT2D eigenvalue weighted by atomic mass is 35.5. The Hall–Kier alpha value is -2.59. The Morgan fingerprint density at radius 3 is 2.67 bits per heavy atom. The van der Waals surface area contributed by atoms with Crippen LogP contribution >= 0.6 is 22.9 Å². The molecule has 1 aliphatic heterocycles. The van der Waals surface area contributed by atoms with Crippen molar-refractivity contribution in [1.29, 1.82) is 0 Å². The lowest BCUT2D eigenvalue weighted by atomic mass is 9.49. The minimum Gasteiger partial charge on any atom is -0.438 e. The van der Waals surface area contributed by atoms with E-state index < -0.39 is 17.3 Å². The molecule has 5 aliphatic rings. The maximum absolute atomic E-state index is 11.8. The molecule has 2 heterocycles. The molecular weight excluding hydrogens is 566 g/mol. The summed E-state index contributed by atoms with van der Waals surface area (Å²) in [5.74, 6) is 5.73. The molecule has 2 N–H and O–H groups in total. The van der Waals surface area contributed by atoms with Gasteiger partial charge in [0, 0.05) is 27.3 Å². The second-order valence-corrected chi connectivity index (χ2v) is 14.8. The first-order valence-electron chi connectivity index (χ1n) is 15.3. The summed E-state index contributed by atoms with van der Waals surface area (Å²) >= 11 is 7.54. The van der Waals surface area contributed by atoms with Crippen LogP contribution in [0, 0.1) is 41.4 Å². The summed E-state index contributed by atoms with van der Waals surface area (Å²) in [7, 11) is 0. The van der Waals surface area contributed by atoms with Crippen LogP contribution in [-0.2, 0) is 15.1 Å². The molecule has 3 fully saturated rings. The van der Waals surface area contributed by atoms with E-state index in [0.717, 1.165) is 66.0 Å². The van der Waals surface area contributed by atoms with Gasteiger partial charge in [-0.3, -0.25) is 10.1 Å². The first-order valence-corrected chi connectivity index (χ1v) is 16.5. The van der Waals surface area contributed by atoms with Crippen molar-refractivity contribution in [3.63, 3.8) is 0 Å².